The van der Waals surface area contributed by atoms with Crippen molar-refractivity contribution in [2.45, 2.75) is 43.4 Å². The average molecular weight is 267 g/mol. The minimum atomic E-state index is -3.24. The highest BCUT2D eigenvalue weighted by atomic mass is 32.2. The summed E-state index contributed by atoms with van der Waals surface area (Å²) in [6.07, 6.45) is 5.94. The number of aromatic nitrogens is 1. The maximum atomic E-state index is 12.5. The molecule has 1 aromatic heterocycles. The zero-order chi connectivity index (χ0) is 12.8. The van der Waals surface area contributed by atoms with Gasteiger partial charge in [-0.15, -0.1) is 0 Å². The number of nitrogens with two attached hydrogens (primary N) is 1. The number of hydrogen-bond donors (Lipinski definition) is 1. The lowest BCUT2D eigenvalue weighted by Gasteiger charge is -2.32. The zero-order valence-electron chi connectivity index (χ0n) is 10.1. The van der Waals surface area contributed by atoms with Crippen molar-refractivity contribution in [2.75, 3.05) is 10.0 Å². The van der Waals surface area contributed by atoms with Crippen LogP contribution < -0.4 is 10.0 Å². The van der Waals surface area contributed by atoms with Crippen LogP contribution in [0.25, 0.3) is 0 Å². The largest absolute Gasteiger partial charge is 0.397 e. The van der Waals surface area contributed by atoms with Gasteiger partial charge in [0.25, 0.3) is 0 Å². The van der Waals surface area contributed by atoms with Crippen LogP contribution in [0.1, 0.15) is 32.1 Å². The predicted octanol–water partition coefficient (Wildman–Crippen LogP) is 1.51. The molecule has 5 nitrogen and oxygen atoms in total. The van der Waals surface area contributed by atoms with Crippen molar-refractivity contribution in [1.82, 2.24) is 4.98 Å². The molecule has 0 bridgehead atoms. The first-order chi connectivity index (χ1) is 8.59. The fourth-order valence-electron chi connectivity index (χ4n) is 2.19. The summed E-state index contributed by atoms with van der Waals surface area (Å²) in [6.45, 7) is 0. The van der Waals surface area contributed by atoms with E-state index in [9.17, 15) is 8.42 Å². The molecule has 0 unspecified atom stereocenters. The van der Waals surface area contributed by atoms with E-state index in [-0.39, 0.29) is 11.3 Å². The van der Waals surface area contributed by atoms with E-state index in [1.54, 1.807) is 12.1 Å². The van der Waals surface area contributed by atoms with Crippen LogP contribution in [-0.4, -0.2) is 24.7 Å². The molecule has 0 radical (unpaired) electrons. The van der Waals surface area contributed by atoms with Crippen LogP contribution in [0.2, 0.25) is 0 Å². The molecular weight excluding hydrogens is 250 g/mol. The second-order valence-corrected chi connectivity index (χ2v) is 7.16. The van der Waals surface area contributed by atoms with Crippen LogP contribution in [0, 0.1) is 0 Å². The first kappa shape index (κ1) is 11.8. The minimum Gasteiger partial charge on any atom is -0.397 e. The fraction of sp³-hybridized carbons (Fsp3) is 0.583. The van der Waals surface area contributed by atoms with Gasteiger partial charge in [0, 0.05) is 6.04 Å². The molecule has 0 atom stereocenters. The van der Waals surface area contributed by atoms with Crippen molar-refractivity contribution in [3.05, 3.63) is 18.3 Å². The van der Waals surface area contributed by atoms with Gasteiger partial charge in [-0.05, 0) is 37.8 Å². The highest BCUT2D eigenvalue weighted by molar-refractivity contribution is 7.93. The van der Waals surface area contributed by atoms with Gasteiger partial charge in [-0.1, -0.05) is 6.42 Å². The molecule has 0 amide bonds. The normalized spacial score (nSPS) is 20.4. The number of rotatable bonds is 4. The van der Waals surface area contributed by atoms with E-state index in [0.717, 1.165) is 32.1 Å². The topological polar surface area (TPSA) is 76.3 Å². The summed E-state index contributed by atoms with van der Waals surface area (Å²) in [5.74, 6) is 0.513. The Balaban J connectivity index is 1.95. The molecule has 0 aromatic carbocycles. The lowest BCUT2D eigenvalue weighted by molar-refractivity contribution is 0.474. The molecule has 2 fully saturated rings. The van der Waals surface area contributed by atoms with Gasteiger partial charge in [0.15, 0.2) is 0 Å². The van der Waals surface area contributed by atoms with Crippen LogP contribution in [0.4, 0.5) is 11.5 Å². The Hall–Kier alpha value is -1.30. The Morgan fingerprint density at radius 2 is 1.94 bits per heavy atom. The Morgan fingerprint density at radius 1 is 1.22 bits per heavy atom. The molecule has 2 aliphatic carbocycles. The summed E-state index contributed by atoms with van der Waals surface area (Å²) in [7, 11) is -3.24. The maximum Gasteiger partial charge on any atom is 0.239 e. The summed E-state index contributed by atoms with van der Waals surface area (Å²) in [6, 6.07) is 3.50. The lowest BCUT2D eigenvalue weighted by atomic mass is 10.0. The number of anilines is 2. The second kappa shape index (κ2) is 4.12. The van der Waals surface area contributed by atoms with Gasteiger partial charge in [0.05, 0.1) is 17.1 Å². The molecule has 98 valence electrons. The first-order valence-electron chi connectivity index (χ1n) is 6.34. The molecule has 2 aliphatic rings. The Bertz CT molecular complexity index is 533. The van der Waals surface area contributed by atoms with Gasteiger partial charge in [-0.25, -0.2) is 13.4 Å². The Kier molecular flexibility index (Phi) is 2.69. The third-order valence-corrected chi connectivity index (χ3v) is 5.97. The van der Waals surface area contributed by atoms with E-state index in [1.807, 2.05) is 0 Å². The SMILES string of the molecule is Nc1ccc(N(C2CC2)S(=O)(=O)C2CCC2)nc1. The minimum absolute atomic E-state index is 0.103. The monoisotopic (exact) mass is 267 g/mol. The number of pyridine rings is 1. The van der Waals surface area contributed by atoms with E-state index in [4.69, 9.17) is 5.73 Å². The first-order valence-corrected chi connectivity index (χ1v) is 7.84. The molecule has 3 rings (SSSR count). The summed E-state index contributed by atoms with van der Waals surface area (Å²) in [4.78, 5) is 4.17. The lowest BCUT2D eigenvalue weighted by Crippen LogP contribution is -2.43. The summed E-state index contributed by atoms with van der Waals surface area (Å²) >= 11 is 0. The maximum absolute atomic E-state index is 12.5. The van der Waals surface area contributed by atoms with Crippen LogP contribution in [0.3, 0.4) is 0 Å². The smallest absolute Gasteiger partial charge is 0.239 e. The molecule has 1 aromatic rings. The third-order valence-electron chi connectivity index (χ3n) is 3.62. The molecule has 18 heavy (non-hydrogen) atoms. The summed E-state index contributed by atoms with van der Waals surface area (Å²) < 4.78 is 26.6. The van der Waals surface area contributed by atoms with Crippen LogP contribution in [0.15, 0.2) is 18.3 Å². The van der Waals surface area contributed by atoms with E-state index in [2.05, 4.69) is 4.98 Å². The van der Waals surface area contributed by atoms with Gasteiger partial charge in [-0.3, -0.25) is 4.31 Å². The van der Waals surface area contributed by atoms with E-state index < -0.39 is 10.0 Å². The second-order valence-electron chi connectivity index (χ2n) is 5.07. The molecule has 0 aliphatic heterocycles. The Labute approximate surface area is 107 Å². The zero-order valence-corrected chi connectivity index (χ0v) is 10.9. The van der Waals surface area contributed by atoms with Crippen molar-refractivity contribution >= 4 is 21.5 Å². The molecule has 6 heteroatoms. The number of nitrogens with zero attached hydrogens (tertiary/aromatic N) is 2. The number of nitrogen functional groups attached to an aromatic ring is 1. The number of sulfonamides is 1. The molecule has 0 spiro atoms. The molecule has 0 saturated heterocycles. The standard InChI is InChI=1S/C12H17N3O2S/c13-9-4-7-12(14-8-9)15(10-5-6-10)18(16,17)11-2-1-3-11/h4,7-8,10-11H,1-3,5-6,13H2. The van der Waals surface area contributed by atoms with E-state index in [0.29, 0.717) is 11.5 Å². The number of hydrogen-bond acceptors (Lipinski definition) is 4. The van der Waals surface area contributed by atoms with Gasteiger partial charge in [0.1, 0.15) is 5.82 Å². The highest BCUT2D eigenvalue weighted by Crippen LogP contribution is 2.38. The average Bonchev–Trinajstić information content (AvgIpc) is 3.01. The third kappa shape index (κ3) is 1.94. The summed E-state index contributed by atoms with van der Waals surface area (Å²) in [5, 5.41) is -0.211. The molecule has 2 saturated carbocycles. The van der Waals surface area contributed by atoms with Crippen molar-refractivity contribution in [3.8, 4) is 0 Å². The van der Waals surface area contributed by atoms with Crippen molar-refractivity contribution in [3.63, 3.8) is 0 Å². The quantitative estimate of drug-likeness (QED) is 0.897. The van der Waals surface area contributed by atoms with Crippen LogP contribution in [0.5, 0.6) is 0 Å². The fourth-order valence-corrected chi connectivity index (χ4v) is 4.44. The van der Waals surface area contributed by atoms with E-state index in [1.165, 1.54) is 10.5 Å². The van der Waals surface area contributed by atoms with Crippen molar-refractivity contribution < 1.29 is 8.42 Å². The Morgan fingerprint density at radius 3 is 2.39 bits per heavy atom. The van der Waals surface area contributed by atoms with Crippen molar-refractivity contribution in [2.24, 2.45) is 0 Å². The molecular formula is C12H17N3O2S. The van der Waals surface area contributed by atoms with Gasteiger partial charge < -0.3 is 5.73 Å². The van der Waals surface area contributed by atoms with Gasteiger partial charge in [0.2, 0.25) is 10.0 Å². The molecule has 2 N–H and O–H groups in total. The van der Waals surface area contributed by atoms with Gasteiger partial charge in [-0.2, -0.15) is 0 Å². The highest BCUT2D eigenvalue weighted by Gasteiger charge is 2.43. The van der Waals surface area contributed by atoms with E-state index >= 15 is 0 Å². The molecule has 1 heterocycles. The summed E-state index contributed by atoms with van der Waals surface area (Å²) in [5.41, 5.74) is 6.15. The van der Waals surface area contributed by atoms with Gasteiger partial charge >= 0.3 is 0 Å². The van der Waals surface area contributed by atoms with Crippen LogP contribution in [-0.2, 0) is 10.0 Å². The van der Waals surface area contributed by atoms with Crippen molar-refractivity contribution in [1.29, 1.82) is 0 Å². The van der Waals surface area contributed by atoms with Crippen LogP contribution >= 0.6 is 0 Å². The predicted molar refractivity (Wildman–Crippen MR) is 70.7 cm³/mol.